The van der Waals surface area contributed by atoms with E-state index in [0.717, 1.165) is 31.6 Å². The van der Waals surface area contributed by atoms with Gasteiger partial charge in [0.05, 0.1) is 0 Å². The molecule has 0 aliphatic carbocycles. The van der Waals surface area contributed by atoms with Gasteiger partial charge in [-0.3, -0.25) is 0 Å². The largest absolute Gasteiger partial charge is 0.478 e. The number of aromatic nitrogens is 1. The number of carboxylic acid groups (broad SMARTS) is 1. The van der Waals surface area contributed by atoms with E-state index in [4.69, 9.17) is 5.11 Å². The molecule has 0 radical (unpaired) electrons. The van der Waals surface area contributed by atoms with Gasteiger partial charge in [0.1, 0.15) is 11.4 Å². The summed E-state index contributed by atoms with van der Waals surface area (Å²) in [7, 11) is 2.08. The van der Waals surface area contributed by atoms with Gasteiger partial charge in [0.2, 0.25) is 0 Å². The number of carbonyl (C=O) groups is 1. The molecule has 1 aromatic heterocycles. The van der Waals surface area contributed by atoms with E-state index in [0.29, 0.717) is 5.82 Å². The lowest BCUT2D eigenvalue weighted by molar-refractivity contribution is 0.0697. The van der Waals surface area contributed by atoms with Crippen LogP contribution in [0, 0.1) is 6.92 Å². The second kappa shape index (κ2) is 5.35. The van der Waals surface area contributed by atoms with Crippen LogP contribution in [0.5, 0.6) is 0 Å². The molecular weight excluding hydrogens is 230 g/mol. The van der Waals surface area contributed by atoms with Crippen molar-refractivity contribution < 1.29 is 9.90 Å². The highest BCUT2D eigenvalue weighted by Crippen LogP contribution is 2.18. The number of nitrogens with one attached hydrogen (secondary N) is 1. The first-order chi connectivity index (χ1) is 8.56. The van der Waals surface area contributed by atoms with E-state index in [1.807, 2.05) is 6.92 Å². The Kier molecular flexibility index (Phi) is 3.81. The van der Waals surface area contributed by atoms with Gasteiger partial charge in [0.15, 0.2) is 0 Å². The van der Waals surface area contributed by atoms with Crippen LogP contribution in [0.1, 0.15) is 28.9 Å². The average Bonchev–Trinajstić information content (AvgIpc) is 2.28. The van der Waals surface area contributed by atoms with Crippen LogP contribution in [-0.4, -0.2) is 47.1 Å². The van der Waals surface area contributed by atoms with Gasteiger partial charge in [-0.05, 0) is 45.5 Å². The molecule has 0 amide bonds. The molecule has 1 fully saturated rings. The summed E-state index contributed by atoms with van der Waals surface area (Å²) in [6.07, 6.45) is 2.18. The van der Waals surface area contributed by atoms with Crippen LogP contribution in [0.25, 0.3) is 0 Å². The number of hydrogen-bond donors (Lipinski definition) is 2. The van der Waals surface area contributed by atoms with Gasteiger partial charge in [-0.25, -0.2) is 9.78 Å². The summed E-state index contributed by atoms with van der Waals surface area (Å²) in [5.74, 6) is -0.447. The van der Waals surface area contributed by atoms with Gasteiger partial charge in [-0.15, -0.1) is 0 Å². The van der Waals surface area contributed by atoms with Gasteiger partial charge in [-0.2, -0.15) is 0 Å². The molecule has 2 heterocycles. The summed E-state index contributed by atoms with van der Waals surface area (Å²) in [5, 5.41) is 12.4. The Morgan fingerprint density at radius 1 is 1.56 bits per heavy atom. The summed E-state index contributed by atoms with van der Waals surface area (Å²) in [4.78, 5) is 17.7. The van der Waals surface area contributed by atoms with Crippen LogP contribution in [0.3, 0.4) is 0 Å². The smallest absolute Gasteiger partial charge is 0.339 e. The van der Waals surface area contributed by atoms with Crippen molar-refractivity contribution in [3.63, 3.8) is 0 Å². The van der Waals surface area contributed by atoms with E-state index in [1.165, 1.54) is 0 Å². The maximum atomic E-state index is 11.1. The van der Waals surface area contributed by atoms with Gasteiger partial charge >= 0.3 is 5.97 Å². The SMILES string of the molecule is Cc1ccc(C(=O)O)c(NC2CCCN(C)C2)n1. The van der Waals surface area contributed by atoms with Gasteiger partial charge in [0, 0.05) is 18.3 Å². The Hall–Kier alpha value is -1.62. The highest BCUT2D eigenvalue weighted by molar-refractivity contribution is 5.93. The lowest BCUT2D eigenvalue weighted by atomic mass is 10.1. The number of nitrogens with zero attached hydrogens (tertiary/aromatic N) is 2. The van der Waals surface area contributed by atoms with Crippen molar-refractivity contribution in [1.29, 1.82) is 0 Å². The molecule has 5 heteroatoms. The summed E-state index contributed by atoms with van der Waals surface area (Å²) in [6.45, 7) is 3.89. The number of pyridine rings is 1. The third-order valence-corrected chi connectivity index (χ3v) is 3.23. The third kappa shape index (κ3) is 2.98. The van der Waals surface area contributed by atoms with Crippen molar-refractivity contribution in [1.82, 2.24) is 9.88 Å². The van der Waals surface area contributed by atoms with Crippen molar-refractivity contribution in [2.75, 3.05) is 25.5 Å². The Labute approximate surface area is 107 Å². The highest BCUT2D eigenvalue weighted by Gasteiger charge is 2.20. The number of anilines is 1. The number of rotatable bonds is 3. The fourth-order valence-electron chi connectivity index (χ4n) is 2.32. The molecule has 1 aromatic rings. The van der Waals surface area contributed by atoms with Crippen molar-refractivity contribution in [2.45, 2.75) is 25.8 Å². The van der Waals surface area contributed by atoms with Crippen LogP contribution in [0.15, 0.2) is 12.1 Å². The molecule has 1 unspecified atom stereocenters. The number of hydrogen-bond acceptors (Lipinski definition) is 4. The van der Waals surface area contributed by atoms with Crippen LogP contribution < -0.4 is 5.32 Å². The molecule has 0 bridgehead atoms. The third-order valence-electron chi connectivity index (χ3n) is 3.23. The van der Waals surface area contributed by atoms with Crippen LogP contribution in [0.4, 0.5) is 5.82 Å². The van der Waals surface area contributed by atoms with Crippen molar-refractivity contribution in [3.8, 4) is 0 Å². The first-order valence-electron chi connectivity index (χ1n) is 6.22. The standard InChI is InChI=1S/C13H19N3O2/c1-9-5-6-11(13(17)18)12(14-9)15-10-4-3-7-16(2)8-10/h5-6,10H,3-4,7-8H2,1-2H3,(H,14,15)(H,17,18). The minimum Gasteiger partial charge on any atom is -0.478 e. The Bertz CT molecular complexity index is 448. The summed E-state index contributed by atoms with van der Waals surface area (Å²) in [5.41, 5.74) is 1.07. The first-order valence-corrected chi connectivity index (χ1v) is 6.22. The number of piperidine rings is 1. The van der Waals surface area contributed by atoms with Crippen LogP contribution in [-0.2, 0) is 0 Å². The fourth-order valence-corrected chi connectivity index (χ4v) is 2.32. The zero-order valence-corrected chi connectivity index (χ0v) is 10.8. The van der Waals surface area contributed by atoms with Crippen molar-refractivity contribution in [2.24, 2.45) is 0 Å². The lowest BCUT2D eigenvalue weighted by Gasteiger charge is -2.30. The van der Waals surface area contributed by atoms with E-state index in [2.05, 4.69) is 22.2 Å². The quantitative estimate of drug-likeness (QED) is 0.851. The second-order valence-corrected chi connectivity index (χ2v) is 4.90. The zero-order valence-electron chi connectivity index (χ0n) is 10.8. The minimum absolute atomic E-state index is 0.244. The maximum absolute atomic E-state index is 11.1. The van der Waals surface area contributed by atoms with E-state index in [-0.39, 0.29) is 11.6 Å². The Morgan fingerprint density at radius 2 is 2.33 bits per heavy atom. The van der Waals surface area contributed by atoms with Crippen molar-refractivity contribution in [3.05, 3.63) is 23.4 Å². The molecule has 98 valence electrons. The molecular formula is C13H19N3O2. The monoisotopic (exact) mass is 249 g/mol. The molecule has 1 aliphatic heterocycles. The molecule has 2 N–H and O–H groups in total. The predicted molar refractivity (Wildman–Crippen MR) is 70.1 cm³/mol. The normalized spacial score (nSPS) is 20.7. The number of carboxylic acids is 1. The van der Waals surface area contributed by atoms with E-state index in [1.54, 1.807) is 12.1 Å². The van der Waals surface area contributed by atoms with Crippen LogP contribution >= 0.6 is 0 Å². The number of likely N-dealkylation sites (N-methyl/N-ethyl adjacent to an activating group) is 1. The lowest BCUT2D eigenvalue weighted by Crippen LogP contribution is -2.40. The Morgan fingerprint density at radius 3 is 3.00 bits per heavy atom. The summed E-state index contributed by atoms with van der Waals surface area (Å²) in [6, 6.07) is 3.61. The molecule has 1 saturated heterocycles. The molecule has 5 nitrogen and oxygen atoms in total. The predicted octanol–water partition coefficient (Wildman–Crippen LogP) is 1.59. The van der Waals surface area contributed by atoms with Crippen LogP contribution in [0.2, 0.25) is 0 Å². The van der Waals surface area contributed by atoms with E-state index < -0.39 is 5.97 Å². The van der Waals surface area contributed by atoms with E-state index in [9.17, 15) is 4.79 Å². The second-order valence-electron chi connectivity index (χ2n) is 4.90. The molecule has 0 saturated carbocycles. The maximum Gasteiger partial charge on any atom is 0.339 e. The fraction of sp³-hybridized carbons (Fsp3) is 0.538. The summed E-state index contributed by atoms with van der Waals surface area (Å²) >= 11 is 0. The molecule has 0 spiro atoms. The number of aryl methyl sites for hydroxylation is 1. The number of likely N-dealkylation sites (tertiary alicyclic amines) is 1. The number of aromatic carboxylic acids is 1. The molecule has 0 aromatic carbocycles. The highest BCUT2D eigenvalue weighted by atomic mass is 16.4. The zero-order chi connectivity index (χ0) is 13.1. The summed E-state index contributed by atoms with van der Waals surface area (Å²) < 4.78 is 0. The first kappa shape index (κ1) is 12.8. The van der Waals surface area contributed by atoms with Gasteiger partial charge < -0.3 is 15.3 Å². The van der Waals surface area contributed by atoms with Gasteiger partial charge in [-0.1, -0.05) is 0 Å². The topological polar surface area (TPSA) is 65.5 Å². The van der Waals surface area contributed by atoms with E-state index >= 15 is 0 Å². The molecule has 1 atom stereocenters. The molecule has 2 rings (SSSR count). The van der Waals surface area contributed by atoms with Gasteiger partial charge in [0.25, 0.3) is 0 Å². The molecule has 18 heavy (non-hydrogen) atoms. The minimum atomic E-state index is -0.936. The average molecular weight is 249 g/mol. The molecule has 1 aliphatic rings. The Balaban J connectivity index is 2.16. The van der Waals surface area contributed by atoms with Crippen molar-refractivity contribution >= 4 is 11.8 Å².